The summed E-state index contributed by atoms with van der Waals surface area (Å²) >= 11 is 0. The highest BCUT2D eigenvalue weighted by Gasteiger charge is 2.30. The Morgan fingerprint density at radius 2 is 1.83 bits per heavy atom. The molecule has 1 aliphatic carbocycles. The molecule has 2 unspecified atom stereocenters. The number of amides is 3. The van der Waals surface area contributed by atoms with Gasteiger partial charge in [0.05, 0.1) is 19.6 Å². The summed E-state index contributed by atoms with van der Waals surface area (Å²) in [6.45, 7) is 7.55. The molecule has 2 aliphatic heterocycles. The maximum atomic E-state index is 12.7. The molecule has 8 nitrogen and oxygen atoms in total. The fourth-order valence-corrected chi connectivity index (χ4v) is 6.14. The third-order valence-electron chi connectivity index (χ3n) is 8.47. The van der Waals surface area contributed by atoms with Crippen LogP contribution in [0.4, 0.5) is 0 Å². The summed E-state index contributed by atoms with van der Waals surface area (Å²) in [7, 11) is 0. The number of carbonyl (C=O) groups excluding carboxylic acids is 3. The Hall–Kier alpha value is -3.49. The second-order valence-corrected chi connectivity index (χ2v) is 11.3. The van der Waals surface area contributed by atoms with Crippen LogP contribution in [0.5, 0.6) is 5.75 Å². The third kappa shape index (κ3) is 7.83. The summed E-state index contributed by atoms with van der Waals surface area (Å²) < 4.78 is 11.2. The van der Waals surface area contributed by atoms with Crippen LogP contribution in [0.25, 0.3) is 5.57 Å². The van der Waals surface area contributed by atoms with Crippen LogP contribution in [0.15, 0.2) is 48.5 Å². The van der Waals surface area contributed by atoms with Crippen molar-refractivity contribution in [2.75, 3.05) is 39.5 Å². The molecule has 8 heteroatoms. The molecule has 0 bridgehead atoms. The molecule has 0 spiro atoms. The molecular weight excluding hydrogens is 518 g/mol. The number of rotatable bonds is 11. The van der Waals surface area contributed by atoms with Crippen LogP contribution < -0.4 is 15.4 Å². The highest BCUT2D eigenvalue weighted by Crippen LogP contribution is 2.41. The SMILES string of the molecule is CC=C1c2ccc(CNC(=O)Cc3ccc(OCCN4CCOCC4)cc3)cc2CC1CCC1CCC(=O)NC1=O. The molecule has 0 radical (unpaired) electrons. The average molecular weight is 560 g/mol. The number of ether oxygens (including phenoxy) is 2. The topological polar surface area (TPSA) is 97.0 Å². The van der Waals surface area contributed by atoms with E-state index < -0.39 is 0 Å². The molecule has 218 valence electrons. The Kier molecular flexibility index (Phi) is 9.85. The van der Waals surface area contributed by atoms with Crippen LogP contribution in [0.3, 0.4) is 0 Å². The van der Waals surface area contributed by atoms with Crippen molar-refractivity contribution < 1.29 is 23.9 Å². The molecule has 2 heterocycles. The van der Waals surface area contributed by atoms with Gasteiger partial charge >= 0.3 is 0 Å². The van der Waals surface area contributed by atoms with Gasteiger partial charge < -0.3 is 14.8 Å². The summed E-state index contributed by atoms with van der Waals surface area (Å²) in [5, 5.41) is 5.54. The molecule has 2 aromatic rings. The quantitative estimate of drug-likeness (QED) is 0.408. The lowest BCUT2D eigenvalue weighted by Crippen LogP contribution is -2.40. The Balaban J connectivity index is 1.06. The summed E-state index contributed by atoms with van der Waals surface area (Å²) in [5.74, 6) is 0.812. The fraction of sp³-hybridized carbons (Fsp3) is 0.485. The van der Waals surface area contributed by atoms with E-state index in [0.717, 1.165) is 69.0 Å². The maximum absolute atomic E-state index is 12.7. The van der Waals surface area contributed by atoms with Gasteiger partial charge in [-0.25, -0.2) is 0 Å². The molecule has 5 rings (SSSR count). The molecular formula is C33H41N3O5. The molecule has 2 N–H and O–H groups in total. The lowest BCUT2D eigenvalue weighted by molar-refractivity contribution is -0.136. The highest BCUT2D eigenvalue weighted by molar-refractivity contribution is 5.98. The number of allylic oxidation sites excluding steroid dienone is 2. The second-order valence-electron chi connectivity index (χ2n) is 11.3. The number of imide groups is 1. The molecule has 2 fully saturated rings. The second kappa shape index (κ2) is 13.9. The van der Waals surface area contributed by atoms with Crippen LogP contribution >= 0.6 is 0 Å². The number of carbonyl (C=O) groups is 3. The zero-order chi connectivity index (χ0) is 28.6. The van der Waals surface area contributed by atoms with Gasteiger partial charge in [-0.05, 0) is 78.5 Å². The van der Waals surface area contributed by atoms with Crippen molar-refractivity contribution in [1.29, 1.82) is 0 Å². The highest BCUT2D eigenvalue weighted by atomic mass is 16.5. The monoisotopic (exact) mass is 559 g/mol. The minimum atomic E-state index is -0.161. The third-order valence-corrected chi connectivity index (χ3v) is 8.47. The van der Waals surface area contributed by atoms with Crippen molar-refractivity contribution in [3.8, 4) is 5.75 Å². The van der Waals surface area contributed by atoms with Gasteiger partial charge in [-0.1, -0.05) is 36.4 Å². The number of nitrogens with zero attached hydrogens (tertiary/aromatic N) is 1. The van der Waals surface area contributed by atoms with E-state index in [0.29, 0.717) is 38.3 Å². The van der Waals surface area contributed by atoms with Gasteiger partial charge in [-0.2, -0.15) is 0 Å². The Bertz CT molecular complexity index is 1270. The standard InChI is InChI=1S/C33H41N3O5/c1-2-29-26(7-6-25-8-12-31(37)35-33(25)39)21-27-19-24(5-11-30(27)29)22-34-32(38)20-23-3-9-28(10-4-23)41-18-15-36-13-16-40-17-14-36/h2-5,9-11,19,25-26H,6-8,12-18,20-22H2,1H3,(H,34,38)(H,35,37,39). The smallest absolute Gasteiger partial charge is 0.229 e. The van der Waals surface area contributed by atoms with E-state index in [9.17, 15) is 14.4 Å². The van der Waals surface area contributed by atoms with Crippen LogP contribution in [-0.4, -0.2) is 62.1 Å². The maximum Gasteiger partial charge on any atom is 0.229 e. The molecule has 0 aromatic heterocycles. The molecule has 2 aromatic carbocycles. The van der Waals surface area contributed by atoms with Crippen molar-refractivity contribution in [1.82, 2.24) is 15.5 Å². The van der Waals surface area contributed by atoms with Crippen molar-refractivity contribution in [2.24, 2.45) is 11.8 Å². The lowest BCUT2D eigenvalue weighted by Gasteiger charge is -2.26. The van der Waals surface area contributed by atoms with Crippen LogP contribution in [0, 0.1) is 11.8 Å². The zero-order valence-corrected chi connectivity index (χ0v) is 24.0. The fourth-order valence-electron chi connectivity index (χ4n) is 6.14. The van der Waals surface area contributed by atoms with Gasteiger partial charge in [0.1, 0.15) is 12.4 Å². The van der Waals surface area contributed by atoms with E-state index in [1.54, 1.807) is 0 Å². The van der Waals surface area contributed by atoms with Gasteiger partial charge in [0.15, 0.2) is 0 Å². The summed E-state index contributed by atoms with van der Waals surface area (Å²) in [5.41, 5.74) is 5.93. The first-order chi connectivity index (χ1) is 20.0. The van der Waals surface area contributed by atoms with E-state index in [-0.39, 0.29) is 23.6 Å². The summed E-state index contributed by atoms with van der Waals surface area (Å²) in [6, 6.07) is 14.2. The minimum Gasteiger partial charge on any atom is -0.492 e. The Morgan fingerprint density at radius 3 is 2.59 bits per heavy atom. The van der Waals surface area contributed by atoms with E-state index in [1.165, 1.54) is 16.7 Å². The number of piperidine rings is 1. The lowest BCUT2D eigenvalue weighted by atomic mass is 9.87. The van der Waals surface area contributed by atoms with Gasteiger partial charge in [0, 0.05) is 38.5 Å². The Labute approximate surface area is 242 Å². The molecule has 2 atom stereocenters. The predicted molar refractivity (Wildman–Crippen MR) is 157 cm³/mol. The van der Waals surface area contributed by atoms with Crippen molar-refractivity contribution in [3.05, 3.63) is 70.8 Å². The van der Waals surface area contributed by atoms with Crippen LogP contribution in [0.2, 0.25) is 0 Å². The van der Waals surface area contributed by atoms with Gasteiger partial charge in [-0.3, -0.25) is 24.6 Å². The molecule has 3 aliphatic rings. The van der Waals surface area contributed by atoms with E-state index in [1.807, 2.05) is 24.3 Å². The van der Waals surface area contributed by atoms with Crippen molar-refractivity contribution in [3.63, 3.8) is 0 Å². The number of fused-ring (bicyclic) bond motifs is 1. The minimum absolute atomic E-state index is 0.0113. The largest absolute Gasteiger partial charge is 0.492 e. The molecule has 2 saturated heterocycles. The average Bonchev–Trinajstić information content (AvgIpc) is 3.34. The molecule has 41 heavy (non-hydrogen) atoms. The van der Waals surface area contributed by atoms with E-state index in [4.69, 9.17) is 9.47 Å². The van der Waals surface area contributed by atoms with Crippen molar-refractivity contribution >= 4 is 23.3 Å². The van der Waals surface area contributed by atoms with E-state index in [2.05, 4.69) is 46.7 Å². The van der Waals surface area contributed by atoms with Gasteiger partial charge in [-0.15, -0.1) is 0 Å². The summed E-state index contributed by atoms with van der Waals surface area (Å²) in [4.78, 5) is 38.6. The first-order valence-corrected chi connectivity index (χ1v) is 14.9. The van der Waals surface area contributed by atoms with Crippen LogP contribution in [0.1, 0.15) is 54.9 Å². The predicted octanol–water partition coefficient (Wildman–Crippen LogP) is 3.67. The number of hydrogen-bond acceptors (Lipinski definition) is 6. The normalized spacial score (nSPS) is 21.9. The van der Waals surface area contributed by atoms with Gasteiger partial charge in [0.25, 0.3) is 0 Å². The zero-order valence-electron chi connectivity index (χ0n) is 24.0. The summed E-state index contributed by atoms with van der Waals surface area (Å²) in [6.07, 6.45) is 6.23. The molecule has 0 saturated carbocycles. The number of hydrogen-bond donors (Lipinski definition) is 2. The van der Waals surface area contributed by atoms with Crippen molar-refractivity contribution in [2.45, 2.75) is 52.0 Å². The number of nitrogens with one attached hydrogen (secondary N) is 2. The van der Waals surface area contributed by atoms with Gasteiger partial charge in [0.2, 0.25) is 17.7 Å². The first-order valence-electron chi connectivity index (χ1n) is 14.9. The van der Waals surface area contributed by atoms with E-state index >= 15 is 0 Å². The Morgan fingerprint density at radius 1 is 1.07 bits per heavy atom. The van der Waals surface area contributed by atoms with Crippen LogP contribution in [-0.2, 0) is 38.5 Å². The number of benzene rings is 2. The molecule has 3 amide bonds. The number of morpholine rings is 1. The first kappa shape index (κ1) is 29.0.